The van der Waals surface area contributed by atoms with E-state index in [-0.39, 0.29) is 13.2 Å². The van der Waals surface area contributed by atoms with Gasteiger partial charge in [0.2, 0.25) is 0 Å². The quantitative estimate of drug-likeness (QED) is 0.399. The Kier molecular flexibility index (Phi) is 4.81. The second kappa shape index (κ2) is 5.09. The van der Waals surface area contributed by atoms with Crippen LogP contribution >= 0.6 is 7.60 Å². The zero-order valence-corrected chi connectivity index (χ0v) is 7.62. The molecule has 1 unspecified atom stereocenters. The number of hydrogen-bond acceptors (Lipinski definition) is 4. The van der Waals surface area contributed by atoms with Crippen molar-refractivity contribution in [3.8, 4) is 0 Å². The SMILES string of the molecule is C=CP(=O)(O)OCCOC(C)=O. The van der Waals surface area contributed by atoms with Crippen LogP contribution in [-0.2, 0) is 18.6 Å². The first-order valence-corrected chi connectivity index (χ1v) is 4.86. The van der Waals surface area contributed by atoms with Crippen LogP contribution < -0.4 is 0 Å². The van der Waals surface area contributed by atoms with Gasteiger partial charge in [-0.3, -0.25) is 9.36 Å². The van der Waals surface area contributed by atoms with Gasteiger partial charge in [0.25, 0.3) is 0 Å². The summed E-state index contributed by atoms with van der Waals surface area (Å²) in [4.78, 5) is 19.0. The van der Waals surface area contributed by atoms with Crippen molar-refractivity contribution in [2.75, 3.05) is 13.2 Å². The number of rotatable bonds is 5. The van der Waals surface area contributed by atoms with Crippen molar-refractivity contribution < 1.29 is 23.5 Å². The maximum atomic E-state index is 10.7. The van der Waals surface area contributed by atoms with E-state index in [0.29, 0.717) is 0 Å². The van der Waals surface area contributed by atoms with Gasteiger partial charge in [-0.1, -0.05) is 6.58 Å². The molecule has 0 fully saturated rings. The molecule has 6 heteroatoms. The van der Waals surface area contributed by atoms with Gasteiger partial charge < -0.3 is 14.2 Å². The highest BCUT2D eigenvalue weighted by Gasteiger charge is 2.12. The Morgan fingerprint density at radius 3 is 2.67 bits per heavy atom. The van der Waals surface area contributed by atoms with Crippen LogP contribution in [0.4, 0.5) is 0 Å². The molecule has 0 aliphatic carbocycles. The van der Waals surface area contributed by atoms with Gasteiger partial charge in [0.05, 0.1) is 6.61 Å². The lowest BCUT2D eigenvalue weighted by Gasteiger charge is -2.06. The molecule has 0 rings (SSSR count). The summed E-state index contributed by atoms with van der Waals surface area (Å²) in [6.07, 6.45) is 0. The first-order chi connectivity index (χ1) is 5.48. The minimum Gasteiger partial charge on any atom is -0.463 e. The van der Waals surface area contributed by atoms with Crippen LogP contribution in [0.3, 0.4) is 0 Å². The van der Waals surface area contributed by atoms with E-state index in [4.69, 9.17) is 4.89 Å². The van der Waals surface area contributed by atoms with Crippen molar-refractivity contribution >= 4 is 13.6 Å². The van der Waals surface area contributed by atoms with Crippen molar-refractivity contribution in [3.63, 3.8) is 0 Å². The van der Waals surface area contributed by atoms with E-state index in [1.807, 2.05) is 0 Å². The van der Waals surface area contributed by atoms with Crippen LogP contribution in [0.5, 0.6) is 0 Å². The van der Waals surface area contributed by atoms with Crippen LogP contribution in [0, 0.1) is 0 Å². The molecule has 0 radical (unpaired) electrons. The third kappa shape index (κ3) is 6.09. The van der Waals surface area contributed by atoms with Gasteiger partial charge in [-0.2, -0.15) is 0 Å². The van der Waals surface area contributed by atoms with Crippen molar-refractivity contribution in [1.29, 1.82) is 0 Å². The van der Waals surface area contributed by atoms with E-state index < -0.39 is 13.6 Å². The molecular formula is C6H11O5P. The lowest BCUT2D eigenvalue weighted by Crippen LogP contribution is -2.06. The number of ether oxygens (including phenoxy) is 1. The van der Waals surface area contributed by atoms with Gasteiger partial charge in [-0.25, -0.2) is 0 Å². The summed E-state index contributed by atoms with van der Waals surface area (Å²) in [5, 5.41) is 0. The molecule has 0 spiro atoms. The first kappa shape index (κ1) is 11.4. The molecule has 0 saturated heterocycles. The zero-order chi connectivity index (χ0) is 9.61. The minimum absolute atomic E-state index is 0.0340. The van der Waals surface area contributed by atoms with E-state index in [2.05, 4.69) is 15.8 Å². The zero-order valence-electron chi connectivity index (χ0n) is 6.73. The molecule has 0 saturated carbocycles. The highest BCUT2D eigenvalue weighted by atomic mass is 31.2. The normalized spacial score (nSPS) is 14.8. The highest BCUT2D eigenvalue weighted by Crippen LogP contribution is 2.42. The molecule has 0 bridgehead atoms. The van der Waals surface area contributed by atoms with Gasteiger partial charge in [-0.15, -0.1) is 0 Å². The van der Waals surface area contributed by atoms with E-state index in [1.165, 1.54) is 6.92 Å². The Morgan fingerprint density at radius 2 is 2.25 bits per heavy atom. The monoisotopic (exact) mass is 194 g/mol. The fourth-order valence-electron chi connectivity index (χ4n) is 0.406. The molecule has 1 N–H and O–H groups in total. The first-order valence-electron chi connectivity index (χ1n) is 3.22. The van der Waals surface area contributed by atoms with Crippen molar-refractivity contribution in [3.05, 3.63) is 12.4 Å². The Labute approximate surface area is 70.5 Å². The third-order valence-electron chi connectivity index (χ3n) is 0.896. The van der Waals surface area contributed by atoms with E-state index in [0.717, 1.165) is 5.82 Å². The smallest absolute Gasteiger partial charge is 0.351 e. The summed E-state index contributed by atoms with van der Waals surface area (Å²) in [5.74, 6) is 0.366. The lowest BCUT2D eigenvalue weighted by atomic mass is 10.7. The summed E-state index contributed by atoms with van der Waals surface area (Å²) in [6, 6.07) is 0. The molecule has 0 aliphatic rings. The fourth-order valence-corrected chi connectivity index (χ4v) is 0.848. The molecule has 1 atom stereocenters. The fraction of sp³-hybridized carbons (Fsp3) is 0.500. The molecule has 0 aromatic heterocycles. The van der Waals surface area contributed by atoms with Crippen LogP contribution in [0.25, 0.3) is 0 Å². The predicted octanol–water partition coefficient (Wildman–Crippen LogP) is 0.895. The summed E-state index contributed by atoms with van der Waals surface area (Å²) in [6.45, 7) is 4.20. The van der Waals surface area contributed by atoms with Crippen LogP contribution in [-0.4, -0.2) is 24.1 Å². The number of hydrogen-bond donors (Lipinski definition) is 1. The summed E-state index contributed by atoms with van der Waals surface area (Å²) >= 11 is 0. The van der Waals surface area contributed by atoms with Gasteiger partial charge in [0.1, 0.15) is 6.61 Å². The van der Waals surface area contributed by atoms with E-state index in [9.17, 15) is 9.36 Å². The van der Waals surface area contributed by atoms with Crippen molar-refractivity contribution in [2.24, 2.45) is 0 Å². The van der Waals surface area contributed by atoms with Crippen LogP contribution in [0.15, 0.2) is 12.4 Å². The Balaban J connectivity index is 3.50. The Morgan fingerprint density at radius 1 is 1.67 bits per heavy atom. The third-order valence-corrected chi connectivity index (χ3v) is 1.91. The van der Waals surface area contributed by atoms with Gasteiger partial charge >= 0.3 is 13.6 Å². The average Bonchev–Trinajstić information content (AvgIpc) is 1.98. The largest absolute Gasteiger partial charge is 0.463 e. The van der Waals surface area contributed by atoms with E-state index in [1.54, 1.807) is 0 Å². The van der Waals surface area contributed by atoms with Crippen molar-refractivity contribution in [2.45, 2.75) is 6.92 Å². The molecule has 70 valence electrons. The Hall–Kier alpha value is -0.640. The number of carbonyl (C=O) groups is 1. The topological polar surface area (TPSA) is 72.8 Å². The summed E-state index contributed by atoms with van der Waals surface area (Å²) < 4.78 is 19.6. The summed E-state index contributed by atoms with van der Waals surface area (Å²) in [7, 11) is -3.66. The number of carbonyl (C=O) groups excluding carboxylic acids is 1. The molecule has 0 amide bonds. The molecular weight excluding hydrogens is 183 g/mol. The maximum absolute atomic E-state index is 10.7. The van der Waals surface area contributed by atoms with Gasteiger partial charge in [0, 0.05) is 12.7 Å². The van der Waals surface area contributed by atoms with Crippen LogP contribution in [0.1, 0.15) is 6.92 Å². The predicted molar refractivity (Wildman–Crippen MR) is 42.6 cm³/mol. The van der Waals surface area contributed by atoms with Crippen LogP contribution in [0.2, 0.25) is 0 Å². The molecule has 12 heavy (non-hydrogen) atoms. The number of esters is 1. The van der Waals surface area contributed by atoms with Crippen molar-refractivity contribution in [1.82, 2.24) is 0 Å². The second-order valence-electron chi connectivity index (χ2n) is 1.92. The molecule has 0 aromatic rings. The lowest BCUT2D eigenvalue weighted by molar-refractivity contribution is -0.141. The molecule has 0 aromatic carbocycles. The standard InChI is InChI=1S/C6H11O5P/c1-3-12(8,9)11-5-4-10-6(2)7/h3H,1,4-5H2,2H3,(H,8,9). The maximum Gasteiger partial charge on any atom is 0.351 e. The molecule has 0 aliphatic heterocycles. The summed E-state index contributed by atoms with van der Waals surface area (Å²) in [5.41, 5.74) is 0. The molecule has 0 heterocycles. The second-order valence-corrected chi connectivity index (χ2v) is 3.67. The van der Waals surface area contributed by atoms with E-state index >= 15 is 0 Å². The van der Waals surface area contributed by atoms with Gasteiger partial charge in [0.15, 0.2) is 0 Å². The highest BCUT2D eigenvalue weighted by molar-refractivity contribution is 7.56. The molecule has 5 nitrogen and oxygen atoms in total. The Bertz CT molecular complexity index is 212. The van der Waals surface area contributed by atoms with Gasteiger partial charge in [-0.05, 0) is 0 Å². The minimum atomic E-state index is -3.66. The average molecular weight is 194 g/mol.